The molecule has 0 spiro atoms. The van der Waals surface area contributed by atoms with E-state index in [1.54, 1.807) is 6.07 Å². The Hall–Kier alpha value is -3.08. The van der Waals surface area contributed by atoms with Crippen molar-refractivity contribution in [3.8, 4) is 16.9 Å². The van der Waals surface area contributed by atoms with Gasteiger partial charge in [0, 0.05) is 17.5 Å². The molecule has 0 unspecified atom stereocenters. The Morgan fingerprint density at radius 2 is 1.92 bits per heavy atom. The van der Waals surface area contributed by atoms with Gasteiger partial charge in [-0.2, -0.15) is 0 Å². The van der Waals surface area contributed by atoms with Gasteiger partial charge >= 0.3 is 5.63 Å². The van der Waals surface area contributed by atoms with Crippen molar-refractivity contribution in [2.24, 2.45) is 0 Å². The zero-order valence-corrected chi connectivity index (χ0v) is 13.9. The van der Waals surface area contributed by atoms with Crippen LogP contribution in [-0.2, 0) is 11.2 Å². The molecule has 0 radical (unpaired) electrons. The van der Waals surface area contributed by atoms with E-state index in [9.17, 15) is 14.7 Å². The van der Waals surface area contributed by atoms with Crippen molar-refractivity contribution in [1.29, 1.82) is 0 Å². The maximum absolute atomic E-state index is 12.0. The molecule has 3 aromatic rings. The zero-order chi connectivity index (χ0) is 18.0. The summed E-state index contributed by atoms with van der Waals surface area (Å²) in [5.41, 5.74) is 2.37. The third kappa shape index (κ3) is 3.40. The lowest BCUT2D eigenvalue weighted by atomic mass is 9.99. The monoisotopic (exact) mass is 337 g/mol. The number of rotatable bonds is 5. The summed E-state index contributed by atoms with van der Waals surface area (Å²) in [5, 5.41) is 11.7. The number of ether oxygens (including phenoxy) is 1. The van der Waals surface area contributed by atoms with E-state index >= 15 is 0 Å². The average molecular weight is 337 g/mol. The first-order chi connectivity index (χ1) is 12.0. The molecule has 5 nitrogen and oxygen atoms in total. The average Bonchev–Trinajstić information content (AvgIpc) is 2.61. The molecule has 0 N–H and O–H groups in total. The van der Waals surface area contributed by atoms with Crippen LogP contribution in [0.1, 0.15) is 19.4 Å². The Morgan fingerprint density at radius 1 is 1.20 bits per heavy atom. The fourth-order valence-corrected chi connectivity index (χ4v) is 2.72. The Kier molecular flexibility index (Phi) is 4.57. The molecule has 0 aliphatic rings. The second-order valence-corrected chi connectivity index (χ2v) is 5.73. The molecule has 25 heavy (non-hydrogen) atoms. The third-order valence-corrected chi connectivity index (χ3v) is 4.03. The molecule has 0 bridgehead atoms. The van der Waals surface area contributed by atoms with Gasteiger partial charge < -0.3 is 19.1 Å². The van der Waals surface area contributed by atoms with E-state index in [1.165, 1.54) is 13.0 Å². The Labute approximate surface area is 144 Å². The minimum atomic E-state index is -1.30. The lowest BCUT2D eigenvalue weighted by Crippen LogP contribution is -2.37. The lowest BCUT2D eigenvalue weighted by Gasteiger charge is -2.18. The van der Waals surface area contributed by atoms with Crippen LogP contribution in [0.3, 0.4) is 0 Å². The van der Waals surface area contributed by atoms with Crippen molar-refractivity contribution in [3.63, 3.8) is 0 Å². The maximum atomic E-state index is 12.0. The molecule has 0 fully saturated rings. The molecule has 0 saturated heterocycles. The number of hydrogen-bond donors (Lipinski definition) is 0. The molecular formula is C20H17O5-. The fourth-order valence-electron chi connectivity index (χ4n) is 2.72. The highest BCUT2D eigenvalue weighted by Gasteiger charge is 2.14. The van der Waals surface area contributed by atoms with Crippen LogP contribution in [0.15, 0.2) is 57.7 Å². The molecule has 1 heterocycles. The van der Waals surface area contributed by atoms with E-state index in [-0.39, 0.29) is 0 Å². The largest absolute Gasteiger partial charge is 0.546 e. The molecule has 1 atom stereocenters. The van der Waals surface area contributed by atoms with Crippen molar-refractivity contribution in [3.05, 3.63) is 64.5 Å². The molecule has 5 heteroatoms. The fraction of sp³-hybridized carbons (Fsp3) is 0.200. The van der Waals surface area contributed by atoms with Gasteiger partial charge in [-0.3, -0.25) is 0 Å². The zero-order valence-electron chi connectivity index (χ0n) is 13.9. The summed E-state index contributed by atoms with van der Waals surface area (Å²) in [6, 6.07) is 14.4. The third-order valence-electron chi connectivity index (χ3n) is 4.03. The Morgan fingerprint density at radius 3 is 2.56 bits per heavy atom. The first kappa shape index (κ1) is 16.8. The van der Waals surface area contributed by atoms with Gasteiger partial charge in [-0.1, -0.05) is 37.3 Å². The second kappa shape index (κ2) is 6.81. The highest BCUT2D eigenvalue weighted by molar-refractivity contribution is 5.94. The summed E-state index contributed by atoms with van der Waals surface area (Å²) in [7, 11) is 0. The van der Waals surface area contributed by atoms with Crippen molar-refractivity contribution in [2.45, 2.75) is 26.4 Å². The summed E-state index contributed by atoms with van der Waals surface area (Å²) in [4.78, 5) is 22.9. The summed E-state index contributed by atoms with van der Waals surface area (Å²) in [6.07, 6.45) is -0.468. The van der Waals surface area contributed by atoms with Crippen LogP contribution in [0.2, 0.25) is 0 Å². The first-order valence-electron chi connectivity index (χ1n) is 8.03. The minimum absolute atomic E-state index is 0.351. The quantitative estimate of drug-likeness (QED) is 0.669. The first-order valence-corrected chi connectivity index (χ1v) is 8.03. The van der Waals surface area contributed by atoms with Gasteiger partial charge in [-0.05, 0) is 36.1 Å². The van der Waals surface area contributed by atoms with Crippen LogP contribution >= 0.6 is 0 Å². The summed E-state index contributed by atoms with van der Waals surface area (Å²) < 4.78 is 10.8. The van der Waals surface area contributed by atoms with Gasteiger partial charge in [0.1, 0.15) is 17.4 Å². The lowest BCUT2D eigenvalue weighted by molar-refractivity contribution is -0.312. The Bertz CT molecular complexity index is 973. The number of carboxylic acids is 1. The van der Waals surface area contributed by atoms with Gasteiger partial charge in [0.15, 0.2) is 0 Å². The predicted molar refractivity (Wildman–Crippen MR) is 92.4 cm³/mol. The highest BCUT2D eigenvalue weighted by Crippen LogP contribution is 2.33. The topological polar surface area (TPSA) is 79.6 Å². The molecule has 0 aliphatic carbocycles. The van der Waals surface area contributed by atoms with E-state index in [4.69, 9.17) is 9.15 Å². The molecule has 128 valence electrons. The van der Waals surface area contributed by atoms with Crippen molar-refractivity contribution >= 4 is 16.9 Å². The summed E-state index contributed by atoms with van der Waals surface area (Å²) in [6.45, 7) is 3.34. The molecule has 1 aromatic heterocycles. The maximum Gasteiger partial charge on any atom is 0.336 e. The van der Waals surface area contributed by atoms with Crippen LogP contribution in [-0.4, -0.2) is 12.1 Å². The number of fused-ring (bicyclic) bond motifs is 1. The normalized spacial score (nSPS) is 12.1. The van der Waals surface area contributed by atoms with Gasteiger partial charge in [0.05, 0.1) is 5.97 Å². The number of carboxylic acid groups (broad SMARTS) is 1. The minimum Gasteiger partial charge on any atom is -0.546 e. The SMILES string of the molecule is CCc1cc2c(-c3ccccc3)cc(=O)oc2cc1O[C@H](C)C(=O)[O-]. The van der Waals surface area contributed by atoms with Crippen molar-refractivity contribution in [2.75, 3.05) is 0 Å². The van der Waals surface area contributed by atoms with Crippen LogP contribution in [0, 0.1) is 0 Å². The molecule has 2 aromatic carbocycles. The number of carbonyl (C=O) groups excluding carboxylic acids is 1. The van der Waals surface area contributed by atoms with E-state index in [0.717, 1.165) is 22.1 Å². The van der Waals surface area contributed by atoms with Crippen LogP contribution < -0.4 is 15.5 Å². The molecule has 0 aliphatic heterocycles. The van der Waals surface area contributed by atoms with E-state index in [0.29, 0.717) is 17.8 Å². The Balaban J connectivity index is 2.22. The van der Waals surface area contributed by atoms with Gasteiger partial charge in [-0.25, -0.2) is 4.79 Å². The number of aliphatic carboxylic acids is 1. The molecule has 0 saturated carbocycles. The summed E-state index contributed by atoms with van der Waals surface area (Å²) >= 11 is 0. The predicted octanol–water partition coefficient (Wildman–Crippen LogP) is 2.54. The van der Waals surface area contributed by atoms with E-state index in [1.807, 2.05) is 43.3 Å². The number of carbonyl (C=O) groups is 1. The van der Waals surface area contributed by atoms with Crippen LogP contribution in [0.25, 0.3) is 22.1 Å². The van der Waals surface area contributed by atoms with Crippen LogP contribution in [0.5, 0.6) is 5.75 Å². The van der Waals surface area contributed by atoms with Gasteiger partial charge in [-0.15, -0.1) is 0 Å². The smallest absolute Gasteiger partial charge is 0.336 e. The molecular weight excluding hydrogens is 320 g/mol. The summed E-state index contributed by atoms with van der Waals surface area (Å²) in [5.74, 6) is -0.929. The second-order valence-electron chi connectivity index (χ2n) is 5.73. The van der Waals surface area contributed by atoms with E-state index in [2.05, 4.69) is 0 Å². The van der Waals surface area contributed by atoms with E-state index < -0.39 is 17.7 Å². The van der Waals surface area contributed by atoms with Gasteiger partial charge in [0.2, 0.25) is 0 Å². The number of benzene rings is 2. The van der Waals surface area contributed by atoms with Crippen molar-refractivity contribution < 1.29 is 19.1 Å². The number of hydrogen-bond acceptors (Lipinski definition) is 5. The van der Waals surface area contributed by atoms with Crippen molar-refractivity contribution in [1.82, 2.24) is 0 Å². The molecule has 0 amide bonds. The van der Waals surface area contributed by atoms with Crippen LogP contribution in [0.4, 0.5) is 0 Å². The van der Waals surface area contributed by atoms with Gasteiger partial charge in [0.25, 0.3) is 0 Å². The number of aryl methyl sites for hydroxylation is 1. The highest BCUT2D eigenvalue weighted by atomic mass is 16.5. The molecule has 3 rings (SSSR count). The standard InChI is InChI=1S/C20H18O5/c1-3-13-9-16-15(14-7-5-4-6-8-14)10-19(21)25-18(16)11-17(13)24-12(2)20(22)23/h4-12H,3H2,1-2H3,(H,22,23)/p-1/t12-/m1/s1.